The van der Waals surface area contributed by atoms with Crippen molar-refractivity contribution in [2.45, 2.75) is 45.7 Å². The summed E-state index contributed by atoms with van der Waals surface area (Å²) in [6, 6.07) is 9.15. The fourth-order valence-electron chi connectivity index (χ4n) is 2.76. The molecule has 3 heteroatoms. The summed E-state index contributed by atoms with van der Waals surface area (Å²) < 4.78 is 5.30. The molecular weight excluding hydrogens is 260 g/mol. The van der Waals surface area contributed by atoms with Crippen LogP contribution in [0.1, 0.15) is 38.7 Å². The molecule has 1 aliphatic carbocycles. The number of hydrogen-bond acceptors (Lipinski definition) is 3. The Morgan fingerprint density at radius 1 is 1.38 bits per heavy atom. The maximum atomic E-state index is 5.30. The quantitative estimate of drug-likeness (QED) is 0.755. The van der Waals surface area contributed by atoms with E-state index in [4.69, 9.17) is 4.74 Å². The van der Waals surface area contributed by atoms with Crippen molar-refractivity contribution in [1.82, 2.24) is 10.2 Å². The normalized spacial score (nSPS) is 17.8. The van der Waals surface area contributed by atoms with Gasteiger partial charge >= 0.3 is 0 Å². The van der Waals surface area contributed by atoms with Gasteiger partial charge in [0.25, 0.3) is 0 Å². The van der Waals surface area contributed by atoms with E-state index in [1.54, 1.807) is 7.11 Å². The van der Waals surface area contributed by atoms with Gasteiger partial charge in [-0.05, 0) is 49.4 Å². The summed E-state index contributed by atoms with van der Waals surface area (Å²) >= 11 is 0. The summed E-state index contributed by atoms with van der Waals surface area (Å²) in [6.07, 6.45) is 3.92. The lowest BCUT2D eigenvalue weighted by atomic mass is 9.86. The van der Waals surface area contributed by atoms with Gasteiger partial charge in [-0.3, -0.25) is 0 Å². The zero-order valence-electron chi connectivity index (χ0n) is 14.0. The van der Waals surface area contributed by atoms with E-state index in [1.165, 1.54) is 24.8 Å². The van der Waals surface area contributed by atoms with E-state index in [9.17, 15) is 0 Å². The van der Waals surface area contributed by atoms with E-state index in [2.05, 4.69) is 49.3 Å². The summed E-state index contributed by atoms with van der Waals surface area (Å²) in [6.45, 7) is 7.89. The predicted octanol–water partition coefficient (Wildman–Crippen LogP) is 3.30. The molecule has 1 atom stereocenters. The first-order valence-corrected chi connectivity index (χ1v) is 8.09. The maximum absolute atomic E-state index is 5.30. The van der Waals surface area contributed by atoms with Crippen LogP contribution < -0.4 is 10.1 Å². The standard InChI is InChI=1S/C18H30N2O/c1-5-18(2,13-19-16-9-10-16)14-20(3)12-15-7-6-8-17(11-15)21-4/h6-8,11,16,19H,5,9-10,12-14H2,1-4H3. The Kier molecular flexibility index (Phi) is 5.65. The third-order valence-electron chi connectivity index (χ3n) is 4.49. The van der Waals surface area contributed by atoms with E-state index >= 15 is 0 Å². The summed E-state index contributed by atoms with van der Waals surface area (Å²) in [5.74, 6) is 0.939. The Bertz CT molecular complexity index is 445. The first kappa shape index (κ1) is 16.3. The maximum Gasteiger partial charge on any atom is 0.119 e. The number of benzene rings is 1. The van der Waals surface area contributed by atoms with E-state index in [0.717, 1.165) is 31.4 Å². The fourth-order valence-corrected chi connectivity index (χ4v) is 2.76. The summed E-state index contributed by atoms with van der Waals surface area (Å²) in [5.41, 5.74) is 1.65. The monoisotopic (exact) mass is 290 g/mol. The van der Waals surface area contributed by atoms with Gasteiger partial charge in [0, 0.05) is 25.7 Å². The molecule has 1 aromatic carbocycles. The Balaban J connectivity index is 1.86. The summed E-state index contributed by atoms with van der Waals surface area (Å²) in [7, 11) is 3.94. The molecule has 21 heavy (non-hydrogen) atoms. The van der Waals surface area contributed by atoms with Crippen LogP contribution in [0.25, 0.3) is 0 Å². The Hall–Kier alpha value is -1.06. The van der Waals surface area contributed by atoms with Crippen LogP contribution in [0.5, 0.6) is 5.75 Å². The average Bonchev–Trinajstić information content (AvgIpc) is 3.29. The van der Waals surface area contributed by atoms with Crippen molar-refractivity contribution in [3.63, 3.8) is 0 Å². The predicted molar refractivity (Wildman–Crippen MR) is 88.8 cm³/mol. The van der Waals surface area contributed by atoms with Crippen molar-refractivity contribution in [1.29, 1.82) is 0 Å². The van der Waals surface area contributed by atoms with Gasteiger partial charge < -0.3 is 15.0 Å². The van der Waals surface area contributed by atoms with Gasteiger partial charge in [0.05, 0.1) is 7.11 Å². The van der Waals surface area contributed by atoms with Crippen molar-refractivity contribution >= 4 is 0 Å². The zero-order valence-corrected chi connectivity index (χ0v) is 14.0. The minimum Gasteiger partial charge on any atom is -0.497 e. The van der Waals surface area contributed by atoms with Crippen molar-refractivity contribution in [2.24, 2.45) is 5.41 Å². The highest BCUT2D eigenvalue weighted by Crippen LogP contribution is 2.26. The second-order valence-electron chi connectivity index (χ2n) is 6.84. The molecular formula is C18H30N2O. The van der Waals surface area contributed by atoms with Crippen molar-refractivity contribution in [3.8, 4) is 5.75 Å². The van der Waals surface area contributed by atoms with E-state index in [1.807, 2.05) is 6.07 Å². The second kappa shape index (κ2) is 7.28. The lowest BCUT2D eigenvalue weighted by molar-refractivity contribution is 0.174. The first-order valence-electron chi connectivity index (χ1n) is 8.09. The van der Waals surface area contributed by atoms with Crippen LogP contribution >= 0.6 is 0 Å². The van der Waals surface area contributed by atoms with Gasteiger partial charge in [-0.15, -0.1) is 0 Å². The highest BCUT2D eigenvalue weighted by atomic mass is 16.5. The van der Waals surface area contributed by atoms with Crippen molar-refractivity contribution in [3.05, 3.63) is 29.8 Å². The molecule has 0 aliphatic heterocycles. The topological polar surface area (TPSA) is 24.5 Å². The van der Waals surface area contributed by atoms with Gasteiger partial charge in [0.2, 0.25) is 0 Å². The Labute approximate surface area is 129 Å². The van der Waals surface area contributed by atoms with Crippen LogP contribution in [-0.2, 0) is 6.54 Å². The van der Waals surface area contributed by atoms with Gasteiger partial charge in [0.15, 0.2) is 0 Å². The molecule has 2 rings (SSSR count). The molecule has 0 bridgehead atoms. The molecule has 0 heterocycles. The van der Waals surface area contributed by atoms with E-state index in [-0.39, 0.29) is 0 Å². The summed E-state index contributed by atoms with van der Waals surface area (Å²) in [4.78, 5) is 2.42. The van der Waals surface area contributed by atoms with Crippen LogP contribution in [0.4, 0.5) is 0 Å². The molecule has 1 fully saturated rings. The lowest BCUT2D eigenvalue weighted by Gasteiger charge is -2.33. The number of methoxy groups -OCH3 is 1. The third-order valence-corrected chi connectivity index (χ3v) is 4.49. The number of hydrogen-bond donors (Lipinski definition) is 1. The van der Waals surface area contributed by atoms with Crippen molar-refractivity contribution < 1.29 is 4.74 Å². The molecule has 118 valence electrons. The third kappa shape index (κ3) is 5.33. The van der Waals surface area contributed by atoms with Crippen LogP contribution in [0.15, 0.2) is 24.3 Å². The van der Waals surface area contributed by atoms with Gasteiger partial charge in [-0.1, -0.05) is 26.0 Å². The molecule has 0 saturated heterocycles. The summed E-state index contributed by atoms with van der Waals surface area (Å²) in [5, 5.41) is 3.69. The molecule has 0 aromatic heterocycles. The average molecular weight is 290 g/mol. The SMILES string of the molecule is CCC(C)(CNC1CC1)CN(C)Cc1cccc(OC)c1. The molecule has 1 N–H and O–H groups in total. The molecule has 3 nitrogen and oxygen atoms in total. The smallest absolute Gasteiger partial charge is 0.119 e. The van der Waals surface area contributed by atoms with Gasteiger partial charge in [0.1, 0.15) is 5.75 Å². The van der Waals surface area contributed by atoms with E-state index < -0.39 is 0 Å². The molecule has 1 saturated carbocycles. The first-order chi connectivity index (χ1) is 10.0. The van der Waals surface area contributed by atoms with Crippen LogP contribution in [0.2, 0.25) is 0 Å². The van der Waals surface area contributed by atoms with Crippen LogP contribution in [-0.4, -0.2) is 38.2 Å². The zero-order chi connectivity index (χ0) is 15.3. The highest BCUT2D eigenvalue weighted by molar-refractivity contribution is 5.28. The Morgan fingerprint density at radius 3 is 2.76 bits per heavy atom. The molecule has 1 aromatic rings. The van der Waals surface area contributed by atoms with E-state index in [0.29, 0.717) is 5.41 Å². The van der Waals surface area contributed by atoms with Crippen molar-refractivity contribution in [2.75, 3.05) is 27.2 Å². The fraction of sp³-hybridized carbons (Fsp3) is 0.667. The van der Waals surface area contributed by atoms with Gasteiger partial charge in [-0.2, -0.15) is 0 Å². The van der Waals surface area contributed by atoms with Gasteiger partial charge in [-0.25, -0.2) is 0 Å². The number of ether oxygens (including phenoxy) is 1. The minimum atomic E-state index is 0.343. The molecule has 1 unspecified atom stereocenters. The lowest BCUT2D eigenvalue weighted by Crippen LogP contribution is -2.41. The number of nitrogens with one attached hydrogen (secondary N) is 1. The molecule has 1 aliphatic rings. The van der Waals surface area contributed by atoms with Crippen LogP contribution in [0.3, 0.4) is 0 Å². The minimum absolute atomic E-state index is 0.343. The van der Waals surface area contributed by atoms with Crippen LogP contribution in [0, 0.1) is 5.41 Å². The number of rotatable bonds is 9. The molecule has 0 radical (unpaired) electrons. The second-order valence-corrected chi connectivity index (χ2v) is 6.84. The molecule has 0 amide bonds. The largest absolute Gasteiger partial charge is 0.497 e. The number of nitrogens with zero attached hydrogens (tertiary/aromatic N) is 1. The highest BCUT2D eigenvalue weighted by Gasteiger charge is 2.28. The molecule has 0 spiro atoms. The Morgan fingerprint density at radius 2 is 2.14 bits per heavy atom.